The number of rotatable bonds is 4. The third-order valence-corrected chi connectivity index (χ3v) is 3.25. The number of hydrogen-bond donors (Lipinski definition) is 1. The molecule has 0 bridgehead atoms. The standard InChI is InChI=1S/C11H15NOS/c1-3-14-11(9(2)12-13)10-7-5-4-6-8-10/h4-8,11,13H,3H2,1-2H3/b12-9+. The largest absolute Gasteiger partial charge is 0.411 e. The number of hydrogen-bond acceptors (Lipinski definition) is 3. The maximum atomic E-state index is 8.77. The van der Waals surface area contributed by atoms with E-state index in [0.29, 0.717) is 0 Å². The molecule has 0 amide bonds. The van der Waals surface area contributed by atoms with Gasteiger partial charge in [-0.15, -0.1) is 11.8 Å². The molecule has 0 radical (unpaired) electrons. The van der Waals surface area contributed by atoms with E-state index in [-0.39, 0.29) is 5.25 Å². The lowest BCUT2D eigenvalue weighted by Crippen LogP contribution is -2.05. The highest BCUT2D eigenvalue weighted by molar-refractivity contribution is 8.00. The molecule has 76 valence electrons. The summed E-state index contributed by atoms with van der Waals surface area (Å²) >= 11 is 1.77. The van der Waals surface area contributed by atoms with Crippen LogP contribution in [-0.4, -0.2) is 16.7 Å². The van der Waals surface area contributed by atoms with Crippen molar-refractivity contribution in [2.75, 3.05) is 5.75 Å². The smallest absolute Gasteiger partial charge is 0.0713 e. The second kappa shape index (κ2) is 5.70. The van der Waals surface area contributed by atoms with Crippen LogP contribution in [0.2, 0.25) is 0 Å². The molecule has 1 atom stereocenters. The molecule has 14 heavy (non-hydrogen) atoms. The number of oxime groups is 1. The van der Waals surface area contributed by atoms with Crippen LogP contribution in [0.4, 0.5) is 0 Å². The Hall–Kier alpha value is -0.960. The molecule has 1 aromatic rings. The molecule has 1 unspecified atom stereocenters. The van der Waals surface area contributed by atoms with Gasteiger partial charge in [-0.25, -0.2) is 0 Å². The number of thioether (sulfide) groups is 1. The minimum Gasteiger partial charge on any atom is -0.411 e. The van der Waals surface area contributed by atoms with E-state index in [2.05, 4.69) is 24.2 Å². The fourth-order valence-electron chi connectivity index (χ4n) is 1.30. The van der Waals surface area contributed by atoms with Crippen molar-refractivity contribution in [3.05, 3.63) is 35.9 Å². The first-order valence-electron chi connectivity index (χ1n) is 4.64. The van der Waals surface area contributed by atoms with Crippen LogP contribution in [0.3, 0.4) is 0 Å². The Morgan fingerprint density at radius 3 is 2.57 bits per heavy atom. The van der Waals surface area contributed by atoms with Crippen molar-refractivity contribution in [1.29, 1.82) is 0 Å². The van der Waals surface area contributed by atoms with Gasteiger partial charge in [0.25, 0.3) is 0 Å². The highest BCUT2D eigenvalue weighted by atomic mass is 32.2. The molecular weight excluding hydrogens is 194 g/mol. The van der Waals surface area contributed by atoms with Crippen molar-refractivity contribution in [2.24, 2.45) is 5.16 Å². The zero-order chi connectivity index (χ0) is 10.4. The second-order valence-electron chi connectivity index (χ2n) is 2.99. The van der Waals surface area contributed by atoms with Crippen molar-refractivity contribution >= 4 is 17.5 Å². The lowest BCUT2D eigenvalue weighted by molar-refractivity contribution is 0.317. The Labute approximate surface area is 89.0 Å². The van der Waals surface area contributed by atoms with Crippen LogP contribution in [0.1, 0.15) is 24.7 Å². The van der Waals surface area contributed by atoms with Crippen LogP contribution in [0.5, 0.6) is 0 Å². The third kappa shape index (κ3) is 2.77. The molecule has 0 aliphatic carbocycles. The maximum Gasteiger partial charge on any atom is 0.0713 e. The Morgan fingerprint density at radius 1 is 1.43 bits per heavy atom. The fraction of sp³-hybridized carbons (Fsp3) is 0.364. The monoisotopic (exact) mass is 209 g/mol. The third-order valence-electron chi connectivity index (χ3n) is 1.97. The van der Waals surface area contributed by atoms with E-state index >= 15 is 0 Å². The Kier molecular flexibility index (Phi) is 4.53. The van der Waals surface area contributed by atoms with Crippen LogP contribution in [0.25, 0.3) is 0 Å². The minimum absolute atomic E-state index is 0.172. The fourth-order valence-corrected chi connectivity index (χ4v) is 2.28. The van der Waals surface area contributed by atoms with Crippen molar-refractivity contribution in [2.45, 2.75) is 19.1 Å². The lowest BCUT2D eigenvalue weighted by atomic mass is 10.1. The first-order valence-corrected chi connectivity index (χ1v) is 5.69. The Bertz CT molecular complexity index is 297. The van der Waals surface area contributed by atoms with Gasteiger partial charge in [0.1, 0.15) is 0 Å². The van der Waals surface area contributed by atoms with E-state index in [4.69, 9.17) is 5.21 Å². The average molecular weight is 209 g/mol. The zero-order valence-electron chi connectivity index (χ0n) is 8.47. The van der Waals surface area contributed by atoms with Crippen molar-refractivity contribution in [1.82, 2.24) is 0 Å². The maximum absolute atomic E-state index is 8.77. The van der Waals surface area contributed by atoms with E-state index in [0.717, 1.165) is 11.5 Å². The summed E-state index contributed by atoms with van der Waals surface area (Å²) in [5.74, 6) is 1.01. The van der Waals surface area contributed by atoms with E-state index < -0.39 is 0 Å². The van der Waals surface area contributed by atoms with Crippen LogP contribution in [0, 0.1) is 0 Å². The molecule has 0 spiro atoms. The topological polar surface area (TPSA) is 32.6 Å². The Morgan fingerprint density at radius 2 is 2.07 bits per heavy atom. The summed E-state index contributed by atoms with van der Waals surface area (Å²) in [5, 5.41) is 12.2. The molecular formula is C11H15NOS. The van der Waals surface area contributed by atoms with Gasteiger partial charge in [0.2, 0.25) is 0 Å². The summed E-state index contributed by atoms with van der Waals surface area (Å²) in [6.07, 6.45) is 0. The van der Waals surface area contributed by atoms with Gasteiger partial charge in [-0.1, -0.05) is 42.4 Å². The molecule has 0 aliphatic rings. The predicted octanol–water partition coefficient (Wildman–Crippen LogP) is 3.33. The summed E-state index contributed by atoms with van der Waals surface area (Å²) in [6, 6.07) is 10.1. The Balaban J connectivity index is 2.89. The summed E-state index contributed by atoms with van der Waals surface area (Å²) in [5.41, 5.74) is 1.94. The quantitative estimate of drug-likeness (QED) is 0.468. The van der Waals surface area contributed by atoms with Gasteiger partial charge in [0.05, 0.1) is 11.0 Å². The van der Waals surface area contributed by atoms with Crippen LogP contribution < -0.4 is 0 Å². The lowest BCUT2D eigenvalue weighted by Gasteiger charge is -2.14. The van der Waals surface area contributed by atoms with E-state index in [9.17, 15) is 0 Å². The molecule has 2 nitrogen and oxygen atoms in total. The molecule has 0 fully saturated rings. The first kappa shape index (κ1) is 11.1. The predicted molar refractivity (Wildman–Crippen MR) is 62.2 cm³/mol. The second-order valence-corrected chi connectivity index (χ2v) is 4.37. The molecule has 1 aromatic carbocycles. The average Bonchev–Trinajstić information content (AvgIpc) is 2.26. The molecule has 0 aromatic heterocycles. The van der Waals surface area contributed by atoms with Crippen molar-refractivity contribution in [3.8, 4) is 0 Å². The van der Waals surface area contributed by atoms with E-state index in [1.807, 2.05) is 25.1 Å². The minimum atomic E-state index is 0.172. The molecule has 3 heteroatoms. The van der Waals surface area contributed by atoms with Crippen molar-refractivity contribution < 1.29 is 5.21 Å². The van der Waals surface area contributed by atoms with Gasteiger partial charge in [0, 0.05) is 0 Å². The van der Waals surface area contributed by atoms with Crippen molar-refractivity contribution in [3.63, 3.8) is 0 Å². The summed E-state index contributed by atoms with van der Waals surface area (Å²) in [4.78, 5) is 0. The molecule has 1 rings (SSSR count). The first-order chi connectivity index (χ1) is 6.79. The van der Waals surface area contributed by atoms with Gasteiger partial charge in [0.15, 0.2) is 0 Å². The normalized spacial score (nSPS) is 14.0. The van der Waals surface area contributed by atoms with Gasteiger partial charge in [-0.05, 0) is 18.2 Å². The number of benzene rings is 1. The highest BCUT2D eigenvalue weighted by Gasteiger charge is 2.14. The molecule has 0 heterocycles. The van der Waals surface area contributed by atoms with Gasteiger partial charge >= 0.3 is 0 Å². The van der Waals surface area contributed by atoms with Gasteiger partial charge in [-0.2, -0.15) is 0 Å². The van der Waals surface area contributed by atoms with E-state index in [1.165, 1.54) is 5.56 Å². The van der Waals surface area contributed by atoms with Gasteiger partial charge < -0.3 is 5.21 Å². The van der Waals surface area contributed by atoms with Crippen LogP contribution >= 0.6 is 11.8 Å². The summed E-state index contributed by atoms with van der Waals surface area (Å²) < 4.78 is 0. The van der Waals surface area contributed by atoms with E-state index in [1.54, 1.807) is 11.8 Å². The molecule has 1 N–H and O–H groups in total. The summed E-state index contributed by atoms with van der Waals surface area (Å²) in [6.45, 7) is 3.95. The zero-order valence-corrected chi connectivity index (χ0v) is 9.29. The summed E-state index contributed by atoms with van der Waals surface area (Å²) in [7, 11) is 0. The van der Waals surface area contributed by atoms with Crippen LogP contribution in [0.15, 0.2) is 35.5 Å². The van der Waals surface area contributed by atoms with Gasteiger partial charge in [-0.3, -0.25) is 0 Å². The van der Waals surface area contributed by atoms with Crippen LogP contribution in [-0.2, 0) is 0 Å². The molecule has 0 aliphatic heterocycles. The number of nitrogens with zero attached hydrogens (tertiary/aromatic N) is 1. The molecule has 0 saturated carbocycles. The highest BCUT2D eigenvalue weighted by Crippen LogP contribution is 2.29. The SMILES string of the molecule is CCSC(/C(C)=N/O)c1ccccc1. The molecule has 0 saturated heterocycles.